The number of nitrogens with zero attached hydrogens (tertiary/aromatic N) is 3. The molecule has 0 aliphatic rings. The first-order valence-corrected chi connectivity index (χ1v) is 10.3. The number of nitrogens with two attached hydrogens (primary N) is 1. The molecule has 0 atom stereocenters. The molecule has 4 aromatic rings. The molecule has 30 heavy (non-hydrogen) atoms. The predicted octanol–water partition coefficient (Wildman–Crippen LogP) is 3.75. The molecule has 0 aliphatic carbocycles. The quantitative estimate of drug-likeness (QED) is 0.498. The van der Waals surface area contributed by atoms with Crippen LogP contribution in [0.1, 0.15) is 37.1 Å². The Bertz CT molecular complexity index is 1200. The molecule has 3 aromatic heterocycles. The normalized spacial score (nSPS) is 10.9. The Morgan fingerprint density at radius 3 is 2.53 bits per heavy atom. The monoisotopic (exact) mass is 419 g/mol. The van der Waals surface area contributed by atoms with Crippen LogP contribution in [0.3, 0.4) is 0 Å². The highest BCUT2D eigenvalue weighted by atomic mass is 32.1. The van der Waals surface area contributed by atoms with Gasteiger partial charge in [0.1, 0.15) is 5.69 Å². The molecule has 0 fully saturated rings. The fraction of sp³-hybridized carbons (Fsp3) is 0.136. The van der Waals surface area contributed by atoms with E-state index in [0.717, 1.165) is 23.6 Å². The van der Waals surface area contributed by atoms with Crippen LogP contribution in [0.15, 0.2) is 60.1 Å². The lowest BCUT2D eigenvalue weighted by atomic mass is 10.2. The standard InChI is InChI=1S/C22H21N5O2S/c1-14-12-19(15(2)26(14)13-18-4-3-11-30-18)22(29)24-16-5-7-17(8-6-16)27-10-9-20(25-27)21(23)28/h3-12H,13H2,1-2H3,(H2,23,28)(H,24,29). The molecule has 3 N–H and O–H groups in total. The van der Waals surface area contributed by atoms with Crippen LogP contribution in [0.4, 0.5) is 5.69 Å². The lowest BCUT2D eigenvalue weighted by molar-refractivity contribution is 0.0993. The molecule has 0 aliphatic heterocycles. The van der Waals surface area contributed by atoms with E-state index in [0.29, 0.717) is 11.3 Å². The van der Waals surface area contributed by atoms with Crippen LogP contribution >= 0.6 is 11.3 Å². The number of primary amides is 1. The Morgan fingerprint density at radius 2 is 1.90 bits per heavy atom. The third kappa shape index (κ3) is 3.90. The third-order valence-corrected chi connectivity index (χ3v) is 5.80. The van der Waals surface area contributed by atoms with E-state index >= 15 is 0 Å². The number of benzene rings is 1. The van der Waals surface area contributed by atoms with Crippen molar-refractivity contribution in [2.24, 2.45) is 5.73 Å². The molecule has 152 valence electrons. The van der Waals surface area contributed by atoms with Crippen molar-refractivity contribution in [1.29, 1.82) is 0 Å². The van der Waals surface area contributed by atoms with Crippen LogP contribution in [0.25, 0.3) is 5.69 Å². The van der Waals surface area contributed by atoms with E-state index in [-0.39, 0.29) is 11.6 Å². The first-order valence-electron chi connectivity index (χ1n) is 9.39. The highest BCUT2D eigenvalue weighted by Gasteiger charge is 2.16. The van der Waals surface area contributed by atoms with Gasteiger partial charge in [0.05, 0.1) is 17.8 Å². The molecule has 4 rings (SSSR count). The summed E-state index contributed by atoms with van der Waals surface area (Å²) in [5, 5.41) is 9.13. The highest BCUT2D eigenvalue weighted by Crippen LogP contribution is 2.21. The van der Waals surface area contributed by atoms with Gasteiger partial charge in [0, 0.05) is 28.1 Å². The lowest BCUT2D eigenvalue weighted by Gasteiger charge is -2.09. The fourth-order valence-electron chi connectivity index (χ4n) is 3.33. The number of hydrogen-bond donors (Lipinski definition) is 2. The van der Waals surface area contributed by atoms with Crippen LogP contribution in [0, 0.1) is 13.8 Å². The molecule has 0 spiro atoms. The maximum Gasteiger partial charge on any atom is 0.269 e. The third-order valence-electron chi connectivity index (χ3n) is 4.94. The number of aryl methyl sites for hydroxylation is 1. The van der Waals surface area contributed by atoms with Gasteiger partial charge in [-0.3, -0.25) is 9.59 Å². The minimum atomic E-state index is -0.575. The van der Waals surface area contributed by atoms with Crippen molar-refractivity contribution in [2.45, 2.75) is 20.4 Å². The second kappa shape index (κ2) is 8.00. The van der Waals surface area contributed by atoms with E-state index in [4.69, 9.17) is 5.73 Å². The van der Waals surface area contributed by atoms with E-state index in [1.165, 1.54) is 4.88 Å². The van der Waals surface area contributed by atoms with E-state index < -0.39 is 5.91 Å². The van der Waals surface area contributed by atoms with Gasteiger partial charge >= 0.3 is 0 Å². The van der Waals surface area contributed by atoms with Gasteiger partial charge in [0.2, 0.25) is 0 Å². The number of thiophene rings is 1. The van der Waals surface area contributed by atoms with Crippen LogP contribution in [-0.2, 0) is 6.54 Å². The highest BCUT2D eigenvalue weighted by molar-refractivity contribution is 7.09. The lowest BCUT2D eigenvalue weighted by Crippen LogP contribution is -2.13. The average molecular weight is 420 g/mol. The maximum atomic E-state index is 12.8. The molecular weight excluding hydrogens is 398 g/mol. The number of carbonyl (C=O) groups excluding carboxylic acids is 2. The number of anilines is 1. The Morgan fingerprint density at radius 1 is 1.13 bits per heavy atom. The number of hydrogen-bond acceptors (Lipinski definition) is 4. The second-order valence-electron chi connectivity index (χ2n) is 6.96. The van der Waals surface area contributed by atoms with E-state index in [9.17, 15) is 9.59 Å². The van der Waals surface area contributed by atoms with Gasteiger partial charge in [-0.1, -0.05) is 6.07 Å². The number of rotatable bonds is 6. The first kappa shape index (κ1) is 19.7. The number of nitrogens with one attached hydrogen (secondary N) is 1. The van der Waals surface area contributed by atoms with Gasteiger partial charge in [0.15, 0.2) is 0 Å². The topological polar surface area (TPSA) is 94.9 Å². The first-order chi connectivity index (χ1) is 14.4. The molecule has 3 heterocycles. The van der Waals surface area contributed by atoms with Gasteiger partial charge in [-0.25, -0.2) is 4.68 Å². The van der Waals surface area contributed by atoms with Crippen molar-refractivity contribution >= 4 is 28.8 Å². The van der Waals surface area contributed by atoms with Gasteiger partial charge in [-0.15, -0.1) is 11.3 Å². The fourth-order valence-corrected chi connectivity index (χ4v) is 4.02. The zero-order chi connectivity index (χ0) is 21.3. The van der Waals surface area contributed by atoms with E-state index in [2.05, 4.69) is 26.4 Å². The summed E-state index contributed by atoms with van der Waals surface area (Å²) in [4.78, 5) is 25.3. The van der Waals surface area contributed by atoms with Crippen molar-refractivity contribution in [1.82, 2.24) is 14.3 Å². The summed E-state index contributed by atoms with van der Waals surface area (Å²) in [7, 11) is 0. The van der Waals surface area contributed by atoms with Crippen LogP contribution in [0.2, 0.25) is 0 Å². The summed E-state index contributed by atoms with van der Waals surface area (Å²) in [5.41, 5.74) is 9.51. The molecule has 0 radical (unpaired) electrons. The van der Waals surface area contributed by atoms with Crippen molar-refractivity contribution < 1.29 is 9.59 Å². The molecule has 0 unspecified atom stereocenters. The maximum absolute atomic E-state index is 12.8. The van der Waals surface area contributed by atoms with Gasteiger partial charge in [0.25, 0.3) is 11.8 Å². The smallest absolute Gasteiger partial charge is 0.269 e. The van der Waals surface area contributed by atoms with E-state index in [1.807, 2.05) is 38.1 Å². The summed E-state index contributed by atoms with van der Waals surface area (Å²) in [6, 6.07) is 14.8. The molecule has 2 amide bonds. The zero-order valence-electron chi connectivity index (χ0n) is 16.6. The van der Waals surface area contributed by atoms with Crippen LogP contribution < -0.4 is 11.1 Å². The average Bonchev–Trinajstić information content (AvgIpc) is 3.46. The number of aromatic nitrogens is 3. The summed E-state index contributed by atoms with van der Waals surface area (Å²) in [6.07, 6.45) is 1.66. The number of carbonyl (C=O) groups is 2. The minimum absolute atomic E-state index is 0.150. The zero-order valence-corrected chi connectivity index (χ0v) is 17.4. The predicted molar refractivity (Wildman–Crippen MR) is 117 cm³/mol. The van der Waals surface area contributed by atoms with Gasteiger partial charge in [-0.05, 0) is 61.7 Å². The SMILES string of the molecule is Cc1cc(C(=O)Nc2ccc(-n3ccc(C(N)=O)n3)cc2)c(C)n1Cc1cccs1. The molecular formula is C22H21N5O2S. The molecule has 8 heteroatoms. The van der Waals surface area contributed by atoms with Crippen molar-refractivity contribution in [3.8, 4) is 5.69 Å². The van der Waals surface area contributed by atoms with Crippen molar-refractivity contribution in [3.63, 3.8) is 0 Å². The molecule has 0 saturated heterocycles. The van der Waals surface area contributed by atoms with E-state index in [1.54, 1.807) is 40.4 Å². The minimum Gasteiger partial charge on any atom is -0.364 e. The molecule has 0 bridgehead atoms. The Hall–Kier alpha value is -3.65. The second-order valence-corrected chi connectivity index (χ2v) is 7.99. The van der Waals surface area contributed by atoms with Crippen molar-refractivity contribution in [3.05, 3.63) is 87.6 Å². The number of amides is 2. The van der Waals surface area contributed by atoms with Crippen LogP contribution in [-0.4, -0.2) is 26.2 Å². The van der Waals surface area contributed by atoms with Gasteiger partial charge in [-0.2, -0.15) is 5.10 Å². The Kier molecular flexibility index (Phi) is 5.24. The summed E-state index contributed by atoms with van der Waals surface area (Å²) >= 11 is 1.70. The summed E-state index contributed by atoms with van der Waals surface area (Å²) in [6.45, 7) is 4.73. The van der Waals surface area contributed by atoms with Crippen LogP contribution in [0.5, 0.6) is 0 Å². The van der Waals surface area contributed by atoms with Crippen molar-refractivity contribution in [2.75, 3.05) is 5.32 Å². The molecule has 0 saturated carbocycles. The summed E-state index contributed by atoms with van der Waals surface area (Å²) in [5.74, 6) is -0.724. The van der Waals surface area contributed by atoms with Gasteiger partial charge < -0.3 is 15.6 Å². The summed E-state index contributed by atoms with van der Waals surface area (Å²) < 4.78 is 3.71. The Labute approximate surface area is 177 Å². The largest absolute Gasteiger partial charge is 0.364 e. The molecule has 7 nitrogen and oxygen atoms in total. The molecule has 1 aromatic carbocycles. The Balaban J connectivity index is 1.49.